The number of nitrogens with zero attached hydrogens (tertiary/aromatic N) is 6. The quantitative estimate of drug-likeness (QED) is 0.448. The molecule has 1 aromatic carbocycles. The summed E-state index contributed by atoms with van der Waals surface area (Å²) < 4.78 is 13.5. The van der Waals surface area contributed by atoms with E-state index in [-0.39, 0.29) is 12.1 Å². The zero-order valence-corrected chi connectivity index (χ0v) is 18.9. The summed E-state index contributed by atoms with van der Waals surface area (Å²) in [7, 11) is 0. The molecule has 33 heavy (non-hydrogen) atoms. The van der Waals surface area contributed by atoms with Crippen LogP contribution in [0.3, 0.4) is 0 Å². The summed E-state index contributed by atoms with van der Waals surface area (Å²) in [4.78, 5) is 27.3. The molecule has 3 aromatic heterocycles. The van der Waals surface area contributed by atoms with Crippen molar-refractivity contribution in [2.24, 2.45) is 0 Å². The van der Waals surface area contributed by atoms with Crippen LogP contribution in [0.4, 0.5) is 4.79 Å². The predicted octanol–water partition coefficient (Wildman–Crippen LogP) is 4.74. The van der Waals surface area contributed by atoms with Crippen LogP contribution in [0.5, 0.6) is 11.6 Å². The molecule has 9 heteroatoms. The fourth-order valence-corrected chi connectivity index (χ4v) is 4.04. The molecule has 0 unspecified atom stereocenters. The van der Waals surface area contributed by atoms with Gasteiger partial charge < -0.3 is 14.4 Å². The molecule has 0 spiro atoms. The van der Waals surface area contributed by atoms with Crippen LogP contribution in [0.1, 0.15) is 39.7 Å². The molecular weight excluding hydrogens is 420 g/mol. The number of likely N-dealkylation sites (tertiary alicyclic amines) is 1. The zero-order valence-electron chi connectivity index (χ0n) is 18.9. The number of aromatic nitrogens is 5. The van der Waals surface area contributed by atoms with E-state index in [1.54, 1.807) is 17.3 Å². The molecule has 0 aliphatic carbocycles. The maximum atomic E-state index is 12.4. The molecule has 0 atom stereocenters. The Morgan fingerprint density at radius 1 is 1.09 bits per heavy atom. The normalized spacial score (nSPS) is 15.2. The molecule has 0 saturated carbocycles. The highest BCUT2D eigenvalue weighted by molar-refractivity contribution is 5.82. The van der Waals surface area contributed by atoms with E-state index >= 15 is 0 Å². The summed E-state index contributed by atoms with van der Waals surface area (Å²) in [5, 5.41) is 6.33. The van der Waals surface area contributed by atoms with Crippen LogP contribution >= 0.6 is 0 Å². The third-order valence-electron chi connectivity index (χ3n) is 5.61. The first-order chi connectivity index (χ1) is 15.9. The minimum Gasteiger partial charge on any atom is -0.444 e. The Morgan fingerprint density at radius 2 is 1.91 bits per heavy atom. The molecule has 4 aromatic rings. The summed E-state index contributed by atoms with van der Waals surface area (Å²) in [6.07, 6.45) is 6.28. The van der Waals surface area contributed by atoms with E-state index in [2.05, 4.69) is 20.1 Å². The summed E-state index contributed by atoms with van der Waals surface area (Å²) in [5.41, 5.74) is 1.13. The minimum atomic E-state index is -0.499. The van der Waals surface area contributed by atoms with Gasteiger partial charge in [0.25, 0.3) is 0 Å². The summed E-state index contributed by atoms with van der Waals surface area (Å²) in [6.45, 7) is 6.85. The second kappa shape index (κ2) is 8.31. The van der Waals surface area contributed by atoms with Gasteiger partial charge in [-0.3, -0.25) is 4.98 Å². The number of hydrogen-bond donors (Lipinski definition) is 0. The number of fused-ring (bicyclic) bond motifs is 2. The SMILES string of the molecule is CC(C)(C)OC(=O)N1CCC(n2ncc3c(Oc4ccc5ncccc5c4)ncnc32)CC1. The van der Waals surface area contributed by atoms with E-state index in [1.807, 2.05) is 55.8 Å². The van der Waals surface area contributed by atoms with Crippen molar-refractivity contribution in [3.63, 3.8) is 0 Å². The molecule has 170 valence electrons. The first kappa shape index (κ1) is 21.1. The molecule has 4 heterocycles. The van der Waals surface area contributed by atoms with Crippen LogP contribution in [0.25, 0.3) is 21.9 Å². The molecule has 0 radical (unpaired) electrons. The molecule has 0 N–H and O–H groups in total. The highest BCUT2D eigenvalue weighted by Gasteiger charge is 2.29. The first-order valence-electron chi connectivity index (χ1n) is 11.1. The number of ether oxygens (including phenoxy) is 2. The van der Waals surface area contributed by atoms with Gasteiger partial charge in [-0.15, -0.1) is 0 Å². The van der Waals surface area contributed by atoms with Crippen molar-refractivity contribution < 1.29 is 14.3 Å². The average molecular weight is 447 g/mol. The predicted molar refractivity (Wildman–Crippen MR) is 123 cm³/mol. The number of hydrogen-bond acceptors (Lipinski definition) is 7. The van der Waals surface area contributed by atoms with Crippen molar-refractivity contribution in [3.8, 4) is 11.6 Å². The van der Waals surface area contributed by atoms with E-state index in [0.29, 0.717) is 24.7 Å². The lowest BCUT2D eigenvalue weighted by Crippen LogP contribution is -2.42. The van der Waals surface area contributed by atoms with Gasteiger partial charge in [-0.1, -0.05) is 6.07 Å². The fraction of sp³-hybridized carbons (Fsp3) is 0.375. The maximum Gasteiger partial charge on any atom is 0.410 e. The van der Waals surface area contributed by atoms with Gasteiger partial charge in [0.05, 0.1) is 17.8 Å². The highest BCUT2D eigenvalue weighted by Crippen LogP contribution is 2.31. The summed E-state index contributed by atoms with van der Waals surface area (Å²) >= 11 is 0. The number of rotatable bonds is 3. The highest BCUT2D eigenvalue weighted by atomic mass is 16.6. The van der Waals surface area contributed by atoms with E-state index in [0.717, 1.165) is 34.8 Å². The van der Waals surface area contributed by atoms with Gasteiger partial charge in [-0.05, 0) is 57.9 Å². The van der Waals surface area contributed by atoms with Crippen molar-refractivity contribution in [1.29, 1.82) is 0 Å². The lowest BCUT2D eigenvalue weighted by molar-refractivity contribution is 0.0186. The number of benzene rings is 1. The van der Waals surface area contributed by atoms with Gasteiger partial charge >= 0.3 is 6.09 Å². The van der Waals surface area contributed by atoms with Crippen LogP contribution in [-0.4, -0.2) is 54.4 Å². The van der Waals surface area contributed by atoms with Crippen molar-refractivity contribution >= 4 is 28.0 Å². The van der Waals surface area contributed by atoms with Crippen molar-refractivity contribution in [2.75, 3.05) is 13.1 Å². The van der Waals surface area contributed by atoms with E-state index in [4.69, 9.17) is 9.47 Å². The number of amides is 1. The van der Waals surface area contributed by atoms with E-state index in [9.17, 15) is 4.79 Å². The van der Waals surface area contributed by atoms with Crippen LogP contribution in [0.15, 0.2) is 49.1 Å². The molecule has 1 fully saturated rings. The van der Waals surface area contributed by atoms with Gasteiger partial charge in [-0.2, -0.15) is 5.10 Å². The Balaban J connectivity index is 1.33. The number of piperidine rings is 1. The standard InChI is InChI=1S/C24H26N6O3/c1-24(2,3)33-23(31)29-11-8-17(9-12-29)30-21-19(14-28-30)22(27-15-26-21)32-18-6-7-20-16(13-18)5-4-10-25-20/h4-7,10,13-15,17H,8-9,11-12H2,1-3H3. The zero-order chi connectivity index (χ0) is 23.0. The van der Waals surface area contributed by atoms with Gasteiger partial charge in [0.15, 0.2) is 5.65 Å². The lowest BCUT2D eigenvalue weighted by Gasteiger charge is -2.33. The second-order valence-electron chi connectivity index (χ2n) is 9.16. The molecule has 1 aliphatic heterocycles. The minimum absolute atomic E-state index is 0.135. The largest absolute Gasteiger partial charge is 0.444 e. The van der Waals surface area contributed by atoms with E-state index in [1.165, 1.54) is 6.33 Å². The lowest BCUT2D eigenvalue weighted by atomic mass is 10.1. The van der Waals surface area contributed by atoms with Gasteiger partial charge in [0, 0.05) is 24.7 Å². The number of pyridine rings is 1. The third-order valence-corrected chi connectivity index (χ3v) is 5.61. The van der Waals surface area contributed by atoms with Gasteiger partial charge in [0.1, 0.15) is 23.1 Å². The van der Waals surface area contributed by atoms with Crippen molar-refractivity contribution in [3.05, 3.63) is 49.1 Å². The van der Waals surface area contributed by atoms with Crippen LogP contribution < -0.4 is 4.74 Å². The molecule has 1 aliphatic rings. The van der Waals surface area contributed by atoms with Crippen molar-refractivity contribution in [2.45, 2.75) is 45.3 Å². The Labute approximate surface area is 191 Å². The van der Waals surface area contributed by atoms with Crippen molar-refractivity contribution in [1.82, 2.24) is 29.6 Å². The van der Waals surface area contributed by atoms with Gasteiger partial charge in [0.2, 0.25) is 5.88 Å². The Morgan fingerprint density at radius 3 is 2.70 bits per heavy atom. The van der Waals surface area contributed by atoms with Crippen LogP contribution in [-0.2, 0) is 4.74 Å². The molecular formula is C24H26N6O3. The van der Waals surface area contributed by atoms with Crippen LogP contribution in [0, 0.1) is 0 Å². The second-order valence-corrected chi connectivity index (χ2v) is 9.16. The summed E-state index contributed by atoms with van der Waals surface area (Å²) in [6, 6.07) is 9.76. The molecule has 5 rings (SSSR count). The third kappa shape index (κ3) is 4.44. The number of carbonyl (C=O) groups excluding carboxylic acids is 1. The monoisotopic (exact) mass is 446 g/mol. The fourth-order valence-electron chi connectivity index (χ4n) is 4.04. The topological polar surface area (TPSA) is 95.3 Å². The maximum absolute atomic E-state index is 12.4. The first-order valence-corrected chi connectivity index (χ1v) is 11.1. The molecule has 9 nitrogen and oxygen atoms in total. The molecule has 1 saturated heterocycles. The Bertz CT molecular complexity index is 1300. The Kier molecular flexibility index (Phi) is 5.32. The van der Waals surface area contributed by atoms with Crippen LogP contribution in [0.2, 0.25) is 0 Å². The Hall–Kier alpha value is -3.75. The average Bonchev–Trinajstić information content (AvgIpc) is 3.23. The molecule has 1 amide bonds. The summed E-state index contributed by atoms with van der Waals surface area (Å²) in [5.74, 6) is 1.13. The molecule has 0 bridgehead atoms. The van der Waals surface area contributed by atoms with E-state index < -0.39 is 5.60 Å². The van der Waals surface area contributed by atoms with Gasteiger partial charge in [-0.25, -0.2) is 19.4 Å². The number of carbonyl (C=O) groups is 1. The smallest absolute Gasteiger partial charge is 0.410 e.